The molecule has 4 rings (SSSR count). The zero-order valence-corrected chi connectivity index (χ0v) is 13.0. The Balaban J connectivity index is 1.59. The third-order valence-corrected chi connectivity index (χ3v) is 4.09. The van der Waals surface area contributed by atoms with Crippen LogP contribution < -0.4 is 10.2 Å². The Bertz CT molecular complexity index is 879. The first-order valence-electron chi connectivity index (χ1n) is 7.84. The summed E-state index contributed by atoms with van der Waals surface area (Å²) in [7, 11) is 0. The molecule has 5 heteroatoms. The number of anilines is 3. The summed E-state index contributed by atoms with van der Waals surface area (Å²) < 4.78 is 0. The third kappa shape index (κ3) is 2.72. The molecule has 2 aromatic heterocycles. The van der Waals surface area contributed by atoms with Crippen LogP contribution in [0.2, 0.25) is 0 Å². The number of pyridine rings is 2. The van der Waals surface area contributed by atoms with Gasteiger partial charge in [0.25, 0.3) is 5.91 Å². The highest BCUT2D eigenvalue weighted by atomic mass is 16.1. The number of para-hydroxylation sites is 1. The standard InChI is InChI=1S/C19H16N4O/c24-19(22-16-5-3-9-20-13-16)15-7-10-21-18(12-15)23-11-8-14-4-1-2-6-17(14)23/h1-7,9-10,12-13H,8,11H2,(H,22,24). The molecule has 3 heterocycles. The van der Waals surface area contributed by atoms with Crippen molar-refractivity contribution < 1.29 is 4.79 Å². The number of hydrogen-bond acceptors (Lipinski definition) is 4. The molecule has 0 spiro atoms. The first-order chi connectivity index (χ1) is 11.8. The van der Waals surface area contributed by atoms with Crippen LogP contribution in [-0.4, -0.2) is 22.4 Å². The fraction of sp³-hybridized carbons (Fsp3) is 0.105. The molecule has 0 atom stereocenters. The van der Waals surface area contributed by atoms with Crippen LogP contribution in [0.15, 0.2) is 67.1 Å². The van der Waals surface area contributed by atoms with Crippen molar-refractivity contribution in [2.75, 3.05) is 16.8 Å². The SMILES string of the molecule is O=C(Nc1cccnc1)c1ccnc(N2CCc3ccccc32)c1. The van der Waals surface area contributed by atoms with Crippen LogP contribution in [0.25, 0.3) is 0 Å². The van der Waals surface area contributed by atoms with Crippen molar-refractivity contribution in [3.8, 4) is 0 Å². The van der Waals surface area contributed by atoms with E-state index in [2.05, 4.69) is 32.3 Å². The van der Waals surface area contributed by atoms with Crippen molar-refractivity contribution in [1.29, 1.82) is 0 Å². The van der Waals surface area contributed by atoms with Gasteiger partial charge in [-0.1, -0.05) is 18.2 Å². The van der Waals surface area contributed by atoms with Crippen LogP contribution in [0.5, 0.6) is 0 Å². The van der Waals surface area contributed by atoms with Crippen molar-refractivity contribution in [1.82, 2.24) is 9.97 Å². The normalized spacial score (nSPS) is 12.8. The summed E-state index contributed by atoms with van der Waals surface area (Å²) in [4.78, 5) is 23.0. The van der Waals surface area contributed by atoms with Gasteiger partial charge in [0.15, 0.2) is 0 Å². The number of hydrogen-bond donors (Lipinski definition) is 1. The molecule has 118 valence electrons. The van der Waals surface area contributed by atoms with Gasteiger partial charge in [-0.15, -0.1) is 0 Å². The number of carbonyl (C=O) groups is 1. The molecule has 0 saturated heterocycles. The zero-order chi connectivity index (χ0) is 16.4. The number of nitrogens with zero attached hydrogens (tertiary/aromatic N) is 3. The Morgan fingerprint density at radius 3 is 2.88 bits per heavy atom. The highest BCUT2D eigenvalue weighted by molar-refractivity contribution is 6.04. The predicted octanol–water partition coefficient (Wildman–Crippen LogP) is 3.42. The molecule has 1 aromatic carbocycles. The Labute approximate surface area is 140 Å². The maximum atomic E-state index is 12.4. The summed E-state index contributed by atoms with van der Waals surface area (Å²) in [5, 5.41) is 2.85. The van der Waals surface area contributed by atoms with Crippen molar-refractivity contribution in [3.05, 3.63) is 78.2 Å². The van der Waals surface area contributed by atoms with Crippen molar-refractivity contribution in [2.24, 2.45) is 0 Å². The van der Waals surface area contributed by atoms with E-state index in [0.29, 0.717) is 11.3 Å². The van der Waals surface area contributed by atoms with E-state index < -0.39 is 0 Å². The second kappa shape index (κ2) is 6.12. The molecule has 0 aliphatic carbocycles. The summed E-state index contributed by atoms with van der Waals surface area (Å²) >= 11 is 0. The molecule has 1 aliphatic heterocycles. The van der Waals surface area contributed by atoms with Gasteiger partial charge in [-0.2, -0.15) is 0 Å². The van der Waals surface area contributed by atoms with Gasteiger partial charge in [-0.25, -0.2) is 4.98 Å². The quantitative estimate of drug-likeness (QED) is 0.804. The number of nitrogens with one attached hydrogen (secondary N) is 1. The lowest BCUT2D eigenvalue weighted by atomic mass is 10.2. The van der Waals surface area contributed by atoms with Gasteiger partial charge in [0.2, 0.25) is 0 Å². The lowest BCUT2D eigenvalue weighted by molar-refractivity contribution is 0.102. The molecule has 3 aromatic rings. The monoisotopic (exact) mass is 316 g/mol. The average Bonchev–Trinajstić information content (AvgIpc) is 3.07. The van der Waals surface area contributed by atoms with Gasteiger partial charge < -0.3 is 10.2 Å². The molecular weight excluding hydrogens is 300 g/mol. The fourth-order valence-corrected chi connectivity index (χ4v) is 2.92. The maximum Gasteiger partial charge on any atom is 0.255 e. The zero-order valence-electron chi connectivity index (χ0n) is 13.0. The van der Waals surface area contributed by atoms with Crippen molar-refractivity contribution >= 4 is 23.1 Å². The topological polar surface area (TPSA) is 58.1 Å². The average molecular weight is 316 g/mol. The molecule has 0 saturated carbocycles. The lowest BCUT2D eigenvalue weighted by Gasteiger charge is -2.18. The molecule has 0 radical (unpaired) electrons. The molecule has 0 bridgehead atoms. The summed E-state index contributed by atoms with van der Waals surface area (Å²) in [6.07, 6.45) is 5.96. The number of amides is 1. The minimum Gasteiger partial charge on any atom is -0.326 e. The van der Waals surface area contributed by atoms with Gasteiger partial charge >= 0.3 is 0 Å². The number of carbonyl (C=O) groups excluding carboxylic acids is 1. The van der Waals surface area contributed by atoms with E-state index >= 15 is 0 Å². The van der Waals surface area contributed by atoms with Crippen molar-refractivity contribution in [3.63, 3.8) is 0 Å². The first kappa shape index (κ1) is 14.4. The summed E-state index contributed by atoms with van der Waals surface area (Å²) in [6, 6.07) is 15.4. The number of fused-ring (bicyclic) bond motifs is 1. The first-order valence-corrected chi connectivity index (χ1v) is 7.84. The fourth-order valence-electron chi connectivity index (χ4n) is 2.92. The summed E-state index contributed by atoms with van der Waals surface area (Å²) in [6.45, 7) is 0.875. The second-order valence-corrected chi connectivity index (χ2v) is 5.63. The molecular formula is C19H16N4O. The largest absolute Gasteiger partial charge is 0.326 e. The Hall–Kier alpha value is -3.21. The Kier molecular flexibility index (Phi) is 3.67. The number of benzene rings is 1. The van der Waals surface area contributed by atoms with Crippen molar-refractivity contribution in [2.45, 2.75) is 6.42 Å². The molecule has 1 aliphatic rings. The van der Waals surface area contributed by atoms with E-state index in [4.69, 9.17) is 0 Å². The smallest absolute Gasteiger partial charge is 0.255 e. The molecule has 24 heavy (non-hydrogen) atoms. The number of rotatable bonds is 3. The van der Waals surface area contributed by atoms with E-state index in [1.165, 1.54) is 5.56 Å². The van der Waals surface area contributed by atoms with Gasteiger partial charge in [0.05, 0.1) is 11.9 Å². The van der Waals surface area contributed by atoms with E-state index in [9.17, 15) is 4.79 Å². The third-order valence-electron chi connectivity index (χ3n) is 4.09. The maximum absolute atomic E-state index is 12.4. The second-order valence-electron chi connectivity index (χ2n) is 5.63. The highest BCUT2D eigenvalue weighted by Crippen LogP contribution is 2.33. The lowest BCUT2D eigenvalue weighted by Crippen LogP contribution is -2.17. The highest BCUT2D eigenvalue weighted by Gasteiger charge is 2.21. The minimum absolute atomic E-state index is 0.167. The van der Waals surface area contributed by atoms with Gasteiger partial charge in [0, 0.05) is 30.2 Å². The van der Waals surface area contributed by atoms with Gasteiger partial charge in [-0.3, -0.25) is 9.78 Å². The minimum atomic E-state index is -0.167. The molecule has 0 fully saturated rings. The van der Waals surface area contributed by atoms with Crippen LogP contribution in [0.1, 0.15) is 15.9 Å². The van der Waals surface area contributed by atoms with Crippen LogP contribution in [0.3, 0.4) is 0 Å². The Morgan fingerprint density at radius 1 is 1.08 bits per heavy atom. The van der Waals surface area contributed by atoms with E-state index in [-0.39, 0.29) is 5.91 Å². The summed E-state index contributed by atoms with van der Waals surface area (Å²) in [5.41, 5.74) is 3.72. The molecule has 1 amide bonds. The van der Waals surface area contributed by atoms with Crippen LogP contribution in [0, 0.1) is 0 Å². The van der Waals surface area contributed by atoms with E-state index in [1.807, 2.05) is 24.3 Å². The molecule has 1 N–H and O–H groups in total. The summed E-state index contributed by atoms with van der Waals surface area (Å²) in [5.74, 6) is 0.623. The Morgan fingerprint density at radius 2 is 2.00 bits per heavy atom. The van der Waals surface area contributed by atoms with Crippen LogP contribution >= 0.6 is 0 Å². The van der Waals surface area contributed by atoms with Crippen LogP contribution in [-0.2, 0) is 6.42 Å². The van der Waals surface area contributed by atoms with E-state index in [1.54, 1.807) is 30.7 Å². The van der Waals surface area contributed by atoms with Crippen LogP contribution in [0.4, 0.5) is 17.2 Å². The molecule has 5 nitrogen and oxygen atoms in total. The predicted molar refractivity (Wildman–Crippen MR) is 93.6 cm³/mol. The number of aromatic nitrogens is 2. The molecule has 0 unspecified atom stereocenters. The van der Waals surface area contributed by atoms with E-state index in [0.717, 1.165) is 24.5 Å². The van der Waals surface area contributed by atoms with Gasteiger partial charge in [0.1, 0.15) is 5.82 Å². The van der Waals surface area contributed by atoms with Gasteiger partial charge in [-0.05, 0) is 42.3 Å².